The van der Waals surface area contributed by atoms with Crippen LogP contribution in [0.15, 0.2) is 64.0 Å². The number of carbonyl (C=O) groups is 1. The van der Waals surface area contributed by atoms with Gasteiger partial charge in [0.1, 0.15) is 0 Å². The second kappa shape index (κ2) is 8.47. The average molecular weight is 447 g/mol. The van der Waals surface area contributed by atoms with Gasteiger partial charge in [-0.15, -0.1) is 0 Å². The summed E-state index contributed by atoms with van der Waals surface area (Å²) in [6.07, 6.45) is 1.63. The minimum absolute atomic E-state index is 0.122. The number of aromatic nitrogens is 1. The van der Waals surface area contributed by atoms with Crippen LogP contribution >= 0.6 is 11.6 Å². The highest BCUT2D eigenvalue weighted by Crippen LogP contribution is 2.24. The molecular weight excluding hydrogens is 428 g/mol. The molecule has 0 unspecified atom stereocenters. The maximum Gasteiger partial charge on any atom is 0.243 e. The number of nitrogens with one attached hydrogen (secondary N) is 2. The largest absolute Gasteiger partial charge is 0.439 e. The van der Waals surface area contributed by atoms with Gasteiger partial charge in [-0.25, -0.2) is 13.4 Å². The maximum absolute atomic E-state index is 12.8. The van der Waals surface area contributed by atoms with Crippen LogP contribution in [-0.4, -0.2) is 43.2 Å². The summed E-state index contributed by atoms with van der Waals surface area (Å²) >= 11 is 5.90. The molecule has 2 heterocycles. The van der Waals surface area contributed by atoms with Crippen molar-refractivity contribution < 1.29 is 17.6 Å². The zero-order valence-electron chi connectivity index (χ0n) is 15.8. The number of rotatable bonds is 6. The molecule has 0 bridgehead atoms. The fraction of sp³-hybridized carbons (Fsp3) is 0.200. The van der Waals surface area contributed by atoms with Crippen molar-refractivity contribution in [1.29, 1.82) is 0 Å². The molecule has 1 fully saturated rings. The SMILES string of the molecule is O=C1CN(S(=O)(=O)c2cccc(NCc3ncc(-c4ccc(Cl)cc4)o3)c2)CCN1. The van der Waals surface area contributed by atoms with E-state index in [1.165, 1.54) is 16.4 Å². The third-order valence-corrected chi connectivity index (χ3v) is 6.69. The van der Waals surface area contributed by atoms with Gasteiger partial charge in [0.15, 0.2) is 5.76 Å². The van der Waals surface area contributed by atoms with Gasteiger partial charge in [0.05, 0.1) is 24.2 Å². The Hall–Kier alpha value is -2.88. The summed E-state index contributed by atoms with van der Waals surface area (Å²) in [6, 6.07) is 13.7. The zero-order valence-corrected chi connectivity index (χ0v) is 17.4. The molecule has 8 nitrogen and oxygen atoms in total. The van der Waals surface area contributed by atoms with Crippen LogP contribution in [0.4, 0.5) is 5.69 Å². The van der Waals surface area contributed by atoms with Gasteiger partial charge in [0.25, 0.3) is 0 Å². The standard InChI is InChI=1S/C20H19ClN4O4S/c21-15-6-4-14(5-7-15)18-11-24-20(29-18)12-23-16-2-1-3-17(10-16)30(27,28)25-9-8-22-19(26)13-25/h1-7,10-11,23H,8-9,12-13H2,(H,22,26). The first kappa shape index (κ1) is 20.4. The van der Waals surface area contributed by atoms with Crippen molar-refractivity contribution >= 4 is 33.2 Å². The van der Waals surface area contributed by atoms with Crippen LogP contribution in [0.2, 0.25) is 5.02 Å². The molecule has 1 amide bonds. The van der Waals surface area contributed by atoms with Gasteiger partial charge in [0.2, 0.25) is 21.8 Å². The minimum atomic E-state index is -3.75. The first-order valence-electron chi connectivity index (χ1n) is 9.23. The predicted molar refractivity (Wildman–Crippen MR) is 112 cm³/mol. The summed E-state index contributed by atoms with van der Waals surface area (Å²) in [6.45, 7) is 0.651. The van der Waals surface area contributed by atoms with Gasteiger partial charge in [-0.2, -0.15) is 4.31 Å². The van der Waals surface area contributed by atoms with E-state index in [1.54, 1.807) is 30.5 Å². The quantitative estimate of drug-likeness (QED) is 0.603. The lowest BCUT2D eigenvalue weighted by molar-refractivity contribution is -0.122. The Kier molecular flexibility index (Phi) is 5.76. The van der Waals surface area contributed by atoms with E-state index in [2.05, 4.69) is 15.6 Å². The van der Waals surface area contributed by atoms with E-state index in [0.717, 1.165) is 5.56 Å². The summed E-state index contributed by atoms with van der Waals surface area (Å²) in [5.41, 5.74) is 1.46. The van der Waals surface area contributed by atoms with Crippen molar-refractivity contribution in [1.82, 2.24) is 14.6 Å². The summed E-state index contributed by atoms with van der Waals surface area (Å²) in [5, 5.41) is 6.38. The summed E-state index contributed by atoms with van der Waals surface area (Å²) in [7, 11) is -3.75. The lowest BCUT2D eigenvalue weighted by atomic mass is 10.2. The highest BCUT2D eigenvalue weighted by molar-refractivity contribution is 7.89. The van der Waals surface area contributed by atoms with Crippen LogP contribution in [-0.2, 0) is 21.4 Å². The number of sulfonamides is 1. The van der Waals surface area contributed by atoms with Crippen molar-refractivity contribution in [2.24, 2.45) is 0 Å². The molecule has 1 aliphatic rings. The Labute approximate surface area is 178 Å². The average Bonchev–Trinajstić information content (AvgIpc) is 3.22. The van der Waals surface area contributed by atoms with Crippen LogP contribution in [0.25, 0.3) is 11.3 Å². The third-order valence-electron chi connectivity index (χ3n) is 4.60. The molecule has 0 radical (unpaired) electrons. The van der Waals surface area contributed by atoms with E-state index in [4.69, 9.17) is 16.0 Å². The summed E-state index contributed by atoms with van der Waals surface area (Å²) < 4.78 is 32.6. The number of hydrogen-bond donors (Lipinski definition) is 2. The van der Waals surface area contributed by atoms with E-state index >= 15 is 0 Å². The predicted octanol–water partition coefficient (Wildman–Crippen LogP) is 2.73. The molecule has 0 spiro atoms. The van der Waals surface area contributed by atoms with Gasteiger partial charge in [-0.3, -0.25) is 4.79 Å². The van der Waals surface area contributed by atoms with E-state index in [1.807, 2.05) is 12.1 Å². The van der Waals surface area contributed by atoms with Crippen LogP contribution in [0.3, 0.4) is 0 Å². The van der Waals surface area contributed by atoms with E-state index in [-0.39, 0.29) is 30.4 Å². The van der Waals surface area contributed by atoms with E-state index in [0.29, 0.717) is 28.9 Å². The number of anilines is 1. The number of oxazole rings is 1. The lowest BCUT2D eigenvalue weighted by Crippen LogP contribution is -2.49. The molecule has 1 aliphatic heterocycles. The Bertz CT molecular complexity index is 1160. The smallest absolute Gasteiger partial charge is 0.243 e. The molecule has 4 rings (SSSR count). The Morgan fingerprint density at radius 3 is 2.77 bits per heavy atom. The number of amides is 1. The highest BCUT2D eigenvalue weighted by atomic mass is 35.5. The molecule has 10 heteroatoms. The van der Waals surface area contributed by atoms with E-state index in [9.17, 15) is 13.2 Å². The summed E-state index contributed by atoms with van der Waals surface area (Å²) in [4.78, 5) is 15.9. The molecule has 2 N–H and O–H groups in total. The molecule has 2 aromatic carbocycles. The fourth-order valence-corrected chi connectivity index (χ4v) is 4.62. The first-order valence-corrected chi connectivity index (χ1v) is 11.0. The highest BCUT2D eigenvalue weighted by Gasteiger charge is 2.29. The summed E-state index contributed by atoms with van der Waals surface area (Å²) in [5.74, 6) is 0.767. The molecule has 0 atom stereocenters. The number of piperazine rings is 1. The molecular formula is C20H19ClN4O4S. The van der Waals surface area contributed by atoms with Crippen LogP contribution in [0, 0.1) is 0 Å². The van der Waals surface area contributed by atoms with Crippen LogP contribution in [0.5, 0.6) is 0 Å². The Morgan fingerprint density at radius 2 is 2.00 bits per heavy atom. The molecule has 30 heavy (non-hydrogen) atoms. The number of benzene rings is 2. The lowest BCUT2D eigenvalue weighted by Gasteiger charge is -2.26. The minimum Gasteiger partial charge on any atom is -0.439 e. The number of nitrogens with zero attached hydrogens (tertiary/aromatic N) is 2. The van der Waals surface area contributed by atoms with Crippen molar-refractivity contribution in [3.05, 3.63) is 65.6 Å². The third kappa shape index (κ3) is 4.48. The molecule has 1 aromatic heterocycles. The molecule has 0 saturated carbocycles. The second-order valence-electron chi connectivity index (χ2n) is 6.70. The fourth-order valence-electron chi connectivity index (χ4n) is 3.05. The number of halogens is 1. The van der Waals surface area contributed by atoms with Crippen LogP contribution < -0.4 is 10.6 Å². The van der Waals surface area contributed by atoms with Gasteiger partial charge >= 0.3 is 0 Å². The van der Waals surface area contributed by atoms with Gasteiger partial charge in [0, 0.05) is 29.4 Å². The Balaban J connectivity index is 1.45. The zero-order chi connectivity index (χ0) is 21.1. The van der Waals surface area contributed by atoms with Gasteiger partial charge < -0.3 is 15.1 Å². The van der Waals surface area contributed by atoms with Crippen LogP contribution in [0.1, 0.15) is 5.89 Å². The topological polar surface area (TPSA) is 105 Å². The molecule has 1 saturated heterocycles. The normalized spacial score (nSPS) is 15.0. The molecule has 156 valence electrons. The van der Waals surface area contributed by atoms with Crippen molar-refractivity contribution in [3.8, 4) is 11.3 Å². The molecule has 3 aromatic rings. The van der Waals surface area contributed by atoms with Crippen molar-refractivity contribution in [2.75, 3.05) is 25.0 Å². The monoisotopic (exact) mass is 446 g/mol. The van der Waals surface area contributed by atoms with Gasteiger partial charge in [-0.05, 0) is 42.5 Å². The number of carbonyl (C=O) groups excluding carboxylic acids is 1. The van der Waals surface area contributed by atoms with Crippen molar-refractivity contribution in [3.63, 3.8) is 0 Å². The Morgan fingerprint density at radius 1 is 1.20 bits per heavy atom. The van der Waals surface area contributed by atoms with E-state index < -0.39 is 10.0 Å². The first-order chi connectivity index (χ1) is 14.4. The number of hydrogen-bond acceptors (Lipinski definition) is 6. The second-order valence-corrected chi connectivity index (χ2v) is 9.07. The maximum atomic E-state index is 12.8. The molecule has 0 aliphatic carbocycles. The van der Waals surface area contributed by atoms with Crippen molar-refractivity contribution in [2.45, 2.75) is 11.4 Å². The van der Waals surface area contributed by atoms with Gasteiger partial charge in [-0.1, -0.05) is 17.7 Å².